The average molecular weight is 528 g/mol. The van der Waals surface area contributed by atoms with Crippen LogP contribution in [0.4, 0.5) is 10.5 Å². The van der Waals surface area contributed by atoms with Gasteiger partial charge >= 0.3 is 6.09 Å². The van der Waals surface area contributed by atoms with E-state index in [-0.39, 0.29) is 23.8 Å². The van der Waals surface area contributed by atoms with E-state index in [2.05, 4.69) is 10.4 Å². The number of nitrogens with two attached hydrogens (primary N) is 1. The number of rotatable bonds is 8. The molecule has 0 radical (unpaired) electrons. The quantitative estimate of drug-likeness (QED) is 0.230. The van der Waals surface area contributed by atoms with E-state index in [9.17, 15) is 13.2 Å². The number of anilines is 1. The number of fused-ring (bicyclic) bond motifs is 1. The number of aryl methyl sites for hydroxylation is 1. The highest BCUT2D eigenvalue weighted by atomic mass is 32.2. The fraction of sp³-hybridized carbons (Fsp3) is 0.208. The molecular formula is C24H25N5O5S2. The number of benzene rings is 2. The van der Waals surface area contributed by atoms with Gasteiger partial charge in [0.1, 0.15) is 18.2 Å². The van der Waals surface area contributed by atoms with E-state index in [4.69, 9.17) is 20.6 Å². The van der Waals surface area contributed by atoms with Gasteiger partial charge in [0.15, 0.2) is 6.10 Å². The molecule has 1 unspecified atom stereocenters. The highest BCUT2D eigenvalue weighted by Crippen LogP contribution is 2.35. The van der Waals surface area contributed by atoms with Gasteiger partial charge in [-0.1, -0.05) is 36.4 Å². The third-order valence-electron chi connectivity index (χ3n) is 5.39. The van der Waals surface area contributed by atoms with Crippen molar-refractivity contribution in [2.24, 2.45) is 5.73 Å². The van der Waals surface area contributed by atoms with E-state index in [1.807, 2.05) is 42.5 Å². The number of hydrogen-bond acceptors (Lipinski definition) is 8. The third-order valence-corrected chi connectivity index (χ3v) is 7.50. The SMILES string of the molecule is Cc1nn(S(C)(=O)=O)c(C)c1NC(=O)OCC(Oc1cccc2sc(C(=N)N)cc12)c1ccccc1. The van der Waals surface area contributed by atoms with E-state index in [0.717, 1.165) is 26.0 Å². The first-order chi connectivity index (χ1) is 17.0. The Morgan fingerprint density at radius 3 is 2.56 bits per heavy atom. The van der Waals surface area contributed by atoms with Crippen LogP contribution in [0.5, 0.6) is 5.75 Å². The number of nitrogens with zero attached hydrogens (tertiary/aromatic N) is 2. The fourth-order valence-corrected chi connectivity index (χ4v) is 5.50. The van der Waals surface area contributed by atoms with Crippen LogP contribution >= 0.6 is 11.3 Å². The number of aromatic nitrogens is 2. The van der Waals surface area contributed by atoms with Gasteiger partial charge in [-0.05, 0) is 37.6 Å². The molecule has 4 aromatic rings. The van der Waals surface area contributed by atoms with Crippen LogP contribution < -0.4 is 15.8 Å². The van der Waals surface area contributed by atoms with Crippen LogP contribution in [-0.2, 0) is 14.8 Å². The molecule has 2 heterocycles. The summed E-state index contributed by atoms with van der Waals surface area (Å²) in [6.07, 6.45) is -0.375. The number of amidine groups is 1. The molecule has 0 fully saturated rings. The molecule has 36 heavy (non-hydrogen) atoms. The standard InChI is InChI=1S/C24H25N5O5S2/c1-14-22(15(2)29(28-14)36(3,31)32)27-24(30)33-13-19(16-8-5-4-6-9-16)34-18-10-7-11-20-17(18)12-21(35-20)23(25)26/h4-12,19H,13H2,1-3H3,(H3,25,26)(H,27,30). The van der Waals surface area contributed by atoms with Crippen LogP contribution in [0.3, 0.4) is 0 Å². The molecule has 4 N–H and O–H groups in total. The molecule has 2 aromatic heterocycles. The number of ether oxygens (including phenoxy) is 2. The van der Waals surface area contributed by atoms with Crippen molar-refractivity contribution in [1.29, 1.82) is 5.41 Å². The van der Waals surface area contributed by atoms with E-state index in [1.54, 1.807) is 26.0 Å². The summed E-state index contributed by atoms with van der Waals surface area (Å²) in [5.74, 6) is 0.543. The second-order valence-corrected chi connectivity index (χ2v) is 11.0. The number of nitrogen functional groups attached to an aromatic ring is 1. The predicted molar refractivity (Wildman–Crippen MR) is 140 cm³/mol. The van der Waals surface area contributed by atoms with Crippen molar-refractivity contribution < 1.29 is 22.7 Å². The van der Waals surface area contributed by atoms with Crippen LogP contribution in [-0.4, -0.2) is 42.4 Å². The largest absolute Gasteiger partial charge is 0.481 e. The predicted octanol–water partition coefficient (Wildman–Crippen LogP) is 4.18. The van der Waals surface area contributed by atoms with Crippen LogP contribution in [0.1, 0.15) is 27.9 Å². The van der Waals surface area contributed by atoms with Crippen molar-refractivity contribution in [3.8, 4) is 5.75 Å². The molecule has 12 heteroatoms. The zero-order valence-corrected chi connectivity index (χ0v) is 21.4. The number of amides is 1. The summed E-state index contributed by atoms with van der Waals surface area (Å²) in [6, 6.07) is 16.7. The van der Waals surface area contributed by atoms with Gasteiger partial charge in [0.25, 0.3) is 10.0 Å². The molecule has 0 spiro atoms. The van der Waals surface area contributed by atoms with Crippen LogP contribution in [0.15, 0.2) is 54.6 Å². The summed E-state index contributed by atoms with van der Waals surface area (Å²) in [7, 11) is -3.62. The first-order valence-corrected chi connectivity index (χ1v) is 13.5. The molecule has 10 nitrogen and oxygen atoms in total. The summed E-state index contributed by atoms with van der Waals surface area (Å²) in [5.41, 5.74) is 7.33. The van der Waals surface area contributed by atoms with Gasteiger partial charge in [0.2, 0.25) is 0 Å². The Bertz CT molecular complexity index is 1540. The molecule has 1 amide bonds. The highest BCUT2D eigenvalue weighted by Gasteiger charge is 2.22. The van der Waals surface area contributed by atoms with E-state index >= 15 is 0 Å². The Morgan fingerprint density at radius 2 is 1.92 bits per heavy atom. The minimum atomic E-state index is -3.62. The van der Waals surface area contributed by atoms with E-state index < -0.39 is 22.2 Å². The Kier molecular flexibility index (Phi) is 7.00. The van der Waals surface area contributed by atoms with Gasteiger partial charge in [0, 0.05) is 10.1 Å². The Hall–Kier alpha value is -3.90. The number of thiophene rings is 1. The second kappa shape index (κ2) is 9.99. The molecule has 0 aliphatic heterocycles. The average Bonchev–Trinajstić information content (AvgIpc) is 3.40. The van der Waals surface area contributed by atoms with Crippen molar-refractivity contribution in [1.82, 2.24) is 9.19 Å². The minimum Gasteiger partial charge on any atom is -0.481 e. The fourth-order valence-electron chi connectivity index (χ4n) is 3.70. The number of nitrogens with one attached hydrogen (secondary N) is 2. The van der Waals surface area contributed by atoms with Crippen molar-refractivity contribution in [2.45, 2.75) is 20.0 Å². The van der Waals surface area contributed by atoms with E-state index in [0.29, 0.717) is 16.3 Å². The highest BCUT2D eigenvalue weighted by molar-refractivity contribution is 7.89. The van der Waals surface area contributed by atoms with Gasteiger partial charge in [-0.15, -0.1) is 11.3 Å². The van der Waals surface area contributed by atoms with Gasteiger partial charge in [-0.3, -0.25) is 10.7 Å². The molecular weight excluding hydrogens is 502 g/mol. The third kappa shape index (κ3) is 5.34. The Balaban J connectivity index is 1.55. The number of carbonyl (C=O) groups is 1. The lowest BCUT2D eigenvalue weighted by Gasteiger charge is -2.20. The topological polar surface area (TPSA) is 149 Å². The maximum Gasteiger partial charge on any atom is 0.411 e. The molecule has 0 saturated carbocycles. The normalized spacial score (nSPS) is 12.3. The summed E-state index contributed by atoms with van der Waals surface area (Å²) < 4.78 is 37.4. The Morgan fingerprint density at radius 1 is 1.19 bits per heavy atom. The molecule has 1 atom stereocenters. The second-order valence-electron chi connectivity index (χ2n) is 8.08. The van der Waals surface area contributed by atoms with Crippen LogP contribution in [0.25, 0.3) is 10.1 Å². The molecule has 0 aliphatic rings. The van der Waals surface area contributed by atoms with Crippen molar-refractivity contribution in [3.05, 3.63) is 76.4 Å². The van der Waals surface area contributed by atoms with Gasteiger partial charge in [-0.25, -0.2) is 13.2 Å². The first kappa shape index (κ1) is 25.2. The first-order valence-electron chi connectivity index (χ1n) is 10.8. The van der Waals surface area contributed by atoms with Crippen LogP contribution in [0.2, 0.25) is 0 Å². The molecule has 2 aromatic carbocycles. The lowest BCUT2D eigenvalue weighted by atomic mass is 10.1. The van der Waals surface area contributed by atoms with Crippen molar-refractivity contribution >= 4 is 49.1 Å². The number of carbonyl (C=O) groups excluding carboxylic acids is 1. The molecule has 0 saturated heterocycles. The monoisotopic (exact) mass is 527 g/mol. The summed E-state index contributed by atoms with van der Waals surface area (Å²) >= 11 is 1.39. The molecule has 188 valence electrons. The zero-order chi connectivity index (χ0) is 26.0. The van der Waals surface area contributed by atoms with Crippen molar-refractivity contribution in [3.63, 3.8) is 0 Å². The summed E-state index contributed by atoms with van der Waals surface area (Å²) in [6.45, 7) is 3.02. The maximum atomic E-state index is 12.6. The number of hydrogen-bond donors (Lipinski definition) is 3. The smallest absolute Gasteiger partial charge is 0.411 e. The lowest BCUT2D eigenvalue weighted by molar-refractivity contribution is 0.0910. The van der Waals surface area contributed by atoms with Gasteiger partial charge in [0.05, 0.1) is 28.2 Å². The lowest BCUT2D eigenvalue weighted by Crippen LogP contribution is -2.21. The minimum absolute atomic E-state index is 0.0217. The molecule has 0 bridgehead atoms. The van der Waals surface area contributed by atoms with Crippen LogP contribution in [0, 0.1) is 19.3 Å². The summed E-state index contributed by atoms with van der Waals surface area (Å²) in [5, 5.41) is 15.1. The zero-order valence-electron chi connectivity index (χ0n) is 19.8. The van der Waals surface area contributed by atoms with Gasteiger partial charge < -0.3 is 15.2 Å². The maximum absolute atomic E-state index is 12.6. The van der Waals surface area contributed by atoms with Gasteiger partial charge in [-0.2, -0.15) is 9.19 Å². The Labute approximate surface area is 212 Å². The summed E-state index contributed by atoms with van der Waals surface area (Å²) in [4.78, 5) is 13.3. The van der Waals surface area contributed by atoms with Crippen molar-refractivity contribution in [2.75, 3.05) is 18.2 Å². The molecule has 4 rings (SSSR count). The molecule has 0 aliphatic carbocycles. The van der Waals surface area contributed by atoms with E-state index in [1.165, 1.54) is 11.3 Å².